The topological polar surface area (TPSA) is 50.7 Å². The largest absolute Gasteiger partial charge is 0.380 e. The first-order valence-electron chi connectivity index (χ1n) is 5.66. The quantitative estimate of drug-likeness (QED) is 0.782. The highest BCUT2D eigenvalue weighted by Gasteiger charge is 2.02. The lowest BCUT2D eigenvalue weighted by atomic mass is 10.2. The van der Waals surface area contributed by atoms with E-state index in [1.165, 1.54) is 4.88 Å². The first-order chi connectivity index (χ1) is 8.83. The second-order valence-electron chi connectivity index (χ2n) is 3.97. The van der Waals surface area contributed by atoms with E-state index in [0.29, 0.717) is 0 Å². The first-order valence-corrected chi connectivity index (χ1v) is 6.54. The maximum atomic E-state index is 4.29. The number of anilines is 1. The molecule has 2 aromatic heterocycles. The fourth-order valence-corrected chi connectivity index (χ4v) is 2.47. The maximum absolute atomic E-state index is 4.29. The third-order valence-electron chi connectivity index (χ3n) is 2.77. The SMILES string of the molecule is Cc1ncsc1CNc1ccc2nccnc2c1. The highest BCUT2D eigenvalue weighted by Crippen LogP contribution is 2.18. The van der Waals surface area contributed by atoms with Gasteiger partial charge in [-0.2, -0.15) is 0 Å². The molecule has 2 heterocycles. The molecule has 1 aromatic carbocycles. The molecule has 0 spiro atoms. The predicted octanol–water partition coefficient (Wildman–Crippen LogP) is 3.01. The molecule has 0 amide bonds. The minimum atomic E-state index is 0.794. The molecule has 0 saturated heterocycles. The first kappa shape index (κ1) is 11.1. The molecule has 3 rings (SSSR count). The molecule has 3 aromatic rings. The van der Waals surface area contributed by atoms with Crippen molar-refractivity contribution in [2.75, 3.05) is 5.32 Å². The highest BCUT2D eigenvalue weighted by atomic mass is 32.1. The predicted molar refractivity (Wildman–Crippen MR) is 73.7 cm³/mol. The van der Waals surface area contributed by atoms with Crippen LogP contribution < -0.4 is 5.32 Å². The van der Waals surface area contributed by atoms with E-state index >= 15 is 0 Å². The van der Waals surface area contributed by atoms with E-state index in [2.05, 4.69) is 20.3 Å². The van der Waals surface area contributed by atoms with E-state index in [4.69, 9.17) is 0 Å². The van der Waals surface area contributed by atoms with Crippen LogP contribution in [0.15, 0.2) is 36.1 Å². The van der Waals surface area contributed by atoms with Crippen LogP contribution in [0.1, 0.15) is 10.6 Å². The van der Waals surface area contributed by atoms with Gasteiger partial charge in [-0.1, -0.05) is 0 Å². The van der Waals surface area contributed by atoms with Gasteiger partial charge in [0.25, 0.3) is 0 Å². The van der Waals surface area contributed by atoms with Crippen molar-refractivity contribution in [3.05, 3.63) is 46.7 Å². The number of hydrogen-bond donors (Lipinski definition) is 1. The molecule has 5 heteroatoms. The second-order valence-corrected chi connectivity index (χ2v) is 4.91. The van der Waals surface area contributed by atoms with Gasteiger partial charge in [0.2, 0.25) is 0 Å². The van der Waals surface area contributed by atoms with Crippen molar-refractivity contribution in [3.63, 3.8) is 0 Å². The lowest BCUT2D eigenvalue weighted by Gasteiger charge is -2.06. The molecule has 0 radical (unpaired) electrons. The van der Waals surface area contributed by atoms with Crippen molar-refractivity contribution in [3.8, 4) is 0 Å². The molecular weight excluding hydrogens is 244 g/mol. The fraction of sp³-hybridized carbons (Fsp3) is 0.154. The number of rotatable bonds is 3. The van der Waals surface area contributed by atoms with Crippen LogP contribution in [0.5, 0.6) is 0 Å². The molecule has 0 aliphatic carbocycles. The summed E-state index contributed by atoms with van der Waals surface area (Å²) in [6.45, 7) is 2.82. The Bertz CT molecular complexity index is 677. The molecule has 0 aliphatic rings. The van der Waals surface area contributed by atoms with Crippen LogP contribution in [0.25, 0.3) is 11.0 Å². The lowest BCUT2D eigenvalue weighted by molar-refractivity contribution is 1.12. The van der Waals surface area contributed by atoms with Gasteiger partial charge < -0.3 is 5.32 Å². The Kier molecular flexibility index (Phi) is 2.90. The number of hydrogen-bond acceptors (Lipinski definition) is 5. The van der Waals surface area contributed by atoms with Crippen molar-refractivity contribution in [2.45, 2.75) is 13.5 Å². The summed E-state index contributed by atoms with van der Waals surface area (Å²) in [5, 5.41) is 3.38. The summed E-state index contributed by atoms with van der Waals surface area (Å²) >= 11 is 1.67. The van der Waals surface area contributed by atoms with Gasteiger partial charge in [-0.15, -0.1) is 11.3 Å². The van der Waals surface area contributed by atoms with Crippen LogP contribution >= 0.6 is 11.3 Å². The lowest BCUT2D eigenvalue weighted by Crippen LogP contribution is -1.99. The van der Waals surface area contributed by atoms with Crippen molar-refractivity contribution in [1.82, 2.24) is 15.0 Å². The Balaban J connectivity index is 1.81. The molecule has 0 aliphatic heterocycles. The summed E-state index contributed by atoms with van der Waals surface area (Å²) in [5.41, 5.74) is 5.84. The zero-order chi connectivity index (χ0) is 12.4. The number of thiazole rings is 1. The van der Waals surface area contributed by atoms with Gasteiger partial charge in [-0.3, -0.25) is 9.97 Å². The Morgan fingerprint density at radius 3 is 2.72 bits per heavy atom. The third kappa shape index (κ3) is 2.17. The van der Waals surface area contributed by atoms with Gasteiger partial charge >= 0.3 is 0 Å². The summed E-state index contributed by atoms with van der Waals surface area (Å²) in [4.78, 5) is 14.0. The van der Waals surface area contributed by atoms with Crippen LogP contribution in [0.2, 0.25) is 0 Å². The summed E-state index contributed by atoms with van der Waals surface area (Å²) < 4.78 is 0. The summed E-state index contributed by atoms with van der Waals surface area (Å²) in [6.07, 6.45) is 3.41. The Hall–Kier alpha value is -2.01. The molecule has 0 saturated carbocycles. The van der Waals surface area contributed by atoms with Crippen LogP contribution in [-0.4, -0.2) is 15.0 Å². The molecule has 18 heavy (non-hydrogen) atoms. The molecule has 0 bridgehead atoms. The number of fused-ring (bicyclic) bond motifs is 1. The summed E-state index contributed by atoms with van der Waals surface area (Å²) in [6, 6.07) is 6.01. The Labute approximate surface area is 109 Å². The normalized spacial score (nSPS) is 10.7. The smallest absolute Gasteiger partial charge is 0.0907 e. The molecule has 0 atom stereocenters. The van der Waals surface area contributed by atoms with Crippen molar-refractivity contribution < 1.29 is 0 Å². The number of nitrogens with one attached hydrogen (secondary N) is 1. The molecule has 0 unspecified atom stereocenters. The molecule has 4 nitrogen and oxygen atoms in total. The van der Waals surface area contributed by atoms with Gasteiger partial charge in [0.1, 0.15) is 0 Å². The minimum Gasteiger partial charge on any atom is -0.380 e. The van der Waals surface area contributed by atoms with Gasteiger partial charge in [0, 0.05) is 23.0 Å². The molecular formula is C13H12N4S. The van der Waals surface area contributed by atoms with E-state index in [-0.39, 0.29) is 0 Å². The van der Waals surface area contributed by atoms with Gasteiger partial charge in [-0.25, -0.2) is 4.98 Å². The zero-order valence-electron chi connectivity index (χ0n) is 9.92. The molecule has 90 valence electrons. The average molecular weight is 256 g/mol. The fourth-order valence-electron chi connectivity index (χ4n) is 1.75. The second kappa shape index (κ2) is 4.70. The van der Waals surface area contributed by atoms with E-state index in [0.717, 1.165) is 29.0 Å². The van der Waals surface area contributed by atoms with E-state index in [1.807, 2.05) is 30.6 Å². The number of aromatic nitrogens is 3. The van der Waals surface area contributed by atoms with Crippen LogP contribution in [0.4, 0.5) is 5.69 Å². The van der Waals surface area contributed by atoms with Crippen molar-refractivity contribution in [1.29, 1.82) is 0 Å². The standard InChI is InChI=1S/C13H12N4S/c1-9-13(18-8-17-9)7-16-10-2-3-11-12(6-10)15-5-4-14-11/h2-6,8,16H,7H2,1H3. The van der Waals surface area contributed by atoms with E-state index in [1.54, 1.807) is 23.7 Å². The van der Waals surface area contributed by atoms with E-state index < -0.39 is 0 Å². The van der Waals surface area contributed by atoms with Crippen molar-refractivity contribution in [2.24, 2.45) is 0 Å². The van der Waals surface area contributed by atoms with Crippen LogP contribution in [-0.2, 0) is 6.54 Å². The Morgan fingerprint density at radius 1 is 1.11 bits per heavy atom. The van der Waals surface area contributed by atoms with Gasteiger partial charge in [0.05, 0.1) is 28.8 Å². The monoisotopic (exact) mass is 256 g/mol. The third-order valence-corrected chi connectivity index (χ3v) is 3.70. The van der Waals surface area contributed by atoms with E-state index in [9.17, 15) is 0 Å². The van der Waals surface area contributed by atoms with Crippen molar-refractivity contribution >= 4 is 28.1 Å². The summed E-state index contributed by atoms with van der Waals surface area (Å²) in [7, 11) is 0. The summed E-state index contributed by atoms with van der Waals surface area (Å²) in [5.74, 6) is 0. The number of aryl methyl sites for hydroxylation is 1. The average Bonchev–Trinajstić information content (AvgIpc) is 2.82. The number of benzene rings is 1. The van der Waals surface area contributed by atoms with Crippen LogP contribution in [0, 0.1) is 6.92 Å². The highest BCUT2D eigenvalue weighted by molar-refractivity contribution is 7.09. The minimum absolute atomic E-state index is 0.794. The molecule has 0 fully saturated rings. The molecule has 1 N–H and O–H groups in total. The maximum Gasteiger partial charge on any atom is 0.0907 e. The Morgan fingerprint density at radius 2 is 1.94 bits per heavy atom. The zero-order valence-corrected chi connectivity index (χ0v) is 10.7. The van der Waals surface area contributed by atoms with Crippen LogP contribution in [0.3, 0.4) is 0 Å². The van der Waals surface area contributed by atoms with Gasteiger partial charge in [0.15, 0.2) is 0 Å². The van der Waals surface area contributed by atoms with Gasteiger partial charge in [-0.05, 0) is 25.1 Å². The number of nitrogens with zero attached hydrogens (tertiary/aromatic N) is 3.